The van der Waals surface area contributed by atoms with Gasteiger partial charge >= 0.3 is 12.4 Å². The van der Waals surface area contributed by atoms with Gasteiger partial charge in [0.2, 0.25) is 5.91 Å². The highest BCUT2D eigenvalue weighted by atomic mass is 32.2. The van der Waals surface area contributed by atoms with E-state index in [4.69, 9.17) is 0 Å². The molecule has 0 radical (unpaired) electrons. The second kappa shape index (κ2) is 10.4. The molecule has 1 amide bonds. The van der Waals surface area contributed by atoms with E-state index in [0.29, 0.717) is 30.5 Å². The second-order valence-corrected chi connectivity index (χ2v) is 10.9. The largest absolute Gasteiger partial charge is 0.430 e. The molecule has 0 bridgehead atoms. The van der Waals surface area contributed by atoms with Crippen LogP contribution in [0.1, 0.15) is 37.3 Å². The Bertz CT molecular complexity index is 1140. The van der Waals surface area contributed by atoms with E-state index in [0.717, 1.165) is 18.6 Å². The molecular weight excluding hydrogens is 512 g/mol. The SMILES string of the molecule is CCS(=O)(=O)c1ccc(CC(=O)Nc2ccc(C(OCC3CCC3)(C(F)(F)F)C(F)(F)F)cc2)cc1. The molecular formula is C24H25F6NO4S. The number of hydrogen-bond donors (Lipinski definition) is 1. The van der Waals surface area contributed by atoms with Gasteiger partial charge in [-0.3, -0.25) is 4.79 Å². The van der Waals surface area contributed by atoms with Crippen molar-refractivity contribution in [2.45, 2.75) is 55.5 Å². The number of benzene rings is 2. The van der Waals surface area contributed by atoms with E-state index in [1.54, 1.807) is 0 Å². The van der Waals surface area contributed by atoms with Crippen LogP contribution in [0, 0.1) is 5.92 Å². The molecule has 2 aromatic carbocycles. The Hall–Kier alpha value is -2.60. The van der Waals surface area contributed by atoms with Crippen molar-refractivity contribution in [2.24, 2.45) is 5.92 Å². The van der Waals surface area contributed by atoms with Gasteiger partial charge in [0.05, 0.1) is 23.7 Å². The first-order valence-corrected chi connectivity index (χ1v) is 12.8. The van der Waals surface area contributed by atoms with E-state index in [1.165, 1.54) is 31.2 Å². The molecule has 0 saturated heterocycles. The highest BCUT2D eigenvalue weighted by molar-refractivity contribution is 7.91. The van der Waals surface area contributed by atoms with Crippen molar-refractivity contribution in [3.05, 3.63) is 59.7 Å². The molecule has 0 atom stereocenters. The van der Waals surface area contributed by atoms with Gasteiger partial charge in [-0.05, 0) is 48.6 Å². The highest BCUT2D eigenvalue weighted by Gasteiger charge is 2.73. The van der Waals surface area contributed by atoms with Gasteiger partial charge in [0.1, 0.15) is 0 Å². The fraction of sp³-hybridized carbons (Fsp3) is 0.458. The van der Waals surface area contributed by atoms with Gasteiger partial charge in [0.15, 0.2) is 9.84 Å². The maximum atomic E-state index is 13.9. The fourth-order valence-electron chi connectivity index (χ4n) is 3.80. The molecule has 1 N–H and O–H groups in total. The van der Waals surface area contributed by atoms with Crippen LogP contribution in [0.3, 0.4) is 0 Å². The predicted octanol–water partition coefficient (Wildman–Crippen LogP) is 5.80. The lowest BCUT2D eigenvalue weighted by atomic mass is 9.85. The predicted molar refractivity (Wildman–Crippen MR) is 120 cm³/mol. The monoisotopic (exact) mass is 537 g/mol. The maximum absolute atomic E-state index is 13.9. The number of hydrogen-bond acceptors (Lipinski definition) is 4. The molecule has 3 rings (SSSR count). The van der Waals surface area contributed by atoms with E-state index in [2.05, 4.69) is 10.1 Å². The van der Waals surface area contributed by atoms with Crippen LogP contribution < -0.4 is 5.32 Å². The van der Waals surface area contributed by atoms with E-state index in [-0.39, 0.29) is 28.7 Å². The lowest BCUT2D eigenvalue weighted by molar-refractivity contribution is -0.392. The van der Waals surface area contributed by atoms with Gasteiger partial charge in [-0.2, -0.15) is 26.3 Å². The Balaban J connectivity index is 1.76. The molecule has 5 nitrogen and oxygen atoms in total. The Morgan fingerprint density at radius 2 is 1.50 bits per heavy atom. The van der Waals surface area contributed by atoms with Crippen molar-refractivity contribution in [3.63, 3.8) is 0 Å². The summed E-state index contributed by atoms with van der Waals surface area (Å²) in [6, 6.07) is 8.79. The van der Waals surface area contributed by atoms with Gasteiger partial charge in [-0.15, -0.1) is 0 Å². The zero-order chi connectivity index (χ0) is 26.8. The third kappa shape index (κ3) is 5.86. The Kier molecular flexibility index (Phi) is 8.09. The first kappa shape index (κ1) is 28.0. The molecule has 12 heteroatoms. The molecule has 1 fully saturated rings. The number of carbonyl (C=O) groups excluding carboxylic acids is 1. The van der Waals surface area contributed by atoms with Crippen molar-refractivity contribution in [1.82, 2.24) is 0 Å². The van der Waals surface area contributed by atoms with Gasteiger partial charge in [0, 0.05) is 11.3 Å². The van der Waals surface area contributed by atoms with Gasteiger partial charge < -0.3 is 10.1 Å². The Morgan fingerprint density at radius 1 is 0.944 bits per heavy atom. The minimum atomic E-state index is -5.77. The average molecular weight is 538 g/mol. The van der Waals surface area contributed by atoms with Crippen LogP contribution in [0.5, 0.6) is 0 Å². The van der Waals surface area contributed by atoms with Crippen LogP contribution in [0.2, 0.25) is 0 Å². The van der Waals surface area contributed by atoms with Crippen LogP contribution in [-0.4, -0.2) is 39.0 Å². The number of nitrogens with one attached hydrogen (secondary N) is 1. The molecule has 0 unspecified atom stereocenters. The van der Waals surface area contributed by atoms with Crippen molar-refractivity contribution < 1.29 is 44.3 Å². The van der Waals surface area contributed by atoms with Crippen LogP contribution >= 0.6 is 0 Å². The number of alkyl halides is 6. The van der Waals surface area contributed by atoms with E-state index in [1.807, 2.05) is 0 Å². The minimum absolute atomic E-state index is 0.00817. The molecule has 1 saturated carbocycles. The highest BCUT2D eigenvalue weighted by Crippen LogP contribution is 2.53. The lowest BCUT2D eigenvalue weighted by Gasteiger charge is -2.39. The smallest absolute Gasteiger partial charge is 0.354 e. The molecule has 0 aliphatic heterocycles. The number of carbonyl (C=O) groups is 1. The summed E-state index contributed by atoms with van der Waals surface area (Å²) in [6.45, 7) is 0.825. The van der Waals surface area contributed by atoms with Crippen molar-refractivity contribution in [1.29, 1.82) is 0 Å². The van der Waals surface area contributed by atoms with Gasteiger partial charge in [0.25, 0.3) is 5.60 Å². The molecule has 0 aromatic heterocycles. The molecule has 2 aromatic rings. The van der Waals surface area contributed by atoms with Crippen LogP contribution in [0.4, 0.5) is 32.0 Å². The number of amides is 1. The normalized spacial score (nSPS) is 15.4. The molecule has 1 aliphatic carbocycles. The van der Waals surface area contributed by atoms with E-state index < -0.39 is 45.9 Å². The molecule has 36 heavy (non-hydrogen) atoms. The number of ether oxygens (including phenoxy) is 1. The molecule has 1 aliphatic rings. The van der Waals surface area contributed by atoms with Crippen molar-refractivity contribution in [3.8, 4) is 0 Å². The number of rotatable bonds is 9. The topological polar surface area (TPSA) is 72.5 Å². The summed E-state index contributed by atoms with van der Waals surface area (Å²) in [5.41, 5.74) is -5.16. The fourth-order valence-corrected chi connectivity index (χ4v) is 4.68. The van der Waals surface area contributed by atoms with E-state index >= 15 is 0 Å². The Morgan fingerprint density at radius 3 is 1.94 bits per heavy atom. The summed E-state index contributed by atoms with van der Waals surface area (Å²) in [6.07, 6.45) is -9.97. The number of halogens is 6. The summed E-state index contributed by atoms with van der Waals surface area (Å²) >= 11 is 0. The van der Waals surface area contributed by atoms with Gasteiger partial charge in [-0.25, -0.2) is 8.42 Å². The summed E-state index contributed by atoms with van der Waals surface area (Å²) in [5.74, 6) is -1.03. The zero-order valence-electron chi connectivity index (χ0n) is 19.2. The quantitative estimate of drug-likeness (QED) is 0.411. The zero-order valence-corrected chi connectivity index (χ0v) is 20.1. The van der Waals surface area contributed by atoms with Crippen LogP contribution in [-0.2, 0) is 31.4 Å². The van der Waals surface area contributed by atoms with Crippen molar-refractivity contribution >= 4 is 21.4 Å². The van der Waals surface area contributed by atoms with Crippen molar-refractivity contribution in [2.75, 3.05) is 17.7 Å². The minimum Gasteiger partial charge on any atom is -0.354 e. The maximum Gasteiger partial charge on any atom is 0.430 e. The molecule has 198 valence electrons. The van der Waals surface area contributed by atoms with Gasteiger partial charge in [-0.1, -0.05) is 37.6 Å². The second-order valence-electron chi connectivity index (χ2n) is 8.63. The molecule has 0 heterocycles. The number of sulfone groups is 1. The summed E-state index contributed by atoms with van der Waals surface area (Å²) in [7, 11) is -3.41. The number of anilines is 1. The molecule has 0 spiro atoms. The summed E-state index contributed by atoms with van der Waals surface area (Å²) < 4.78 is 111. The first-order chi connectivity index (χ1) is 16.7. The lowest BCUT2D eigenvalue weighted by Crippen LogP contribution is -2.56. The van der Waals surface area contributed by atoms with Crippen LogP contribution in [0.15, 0.2) is 53.4 Å². The third-order valence-electron chi connectivity index (χ3n) is 6.16. The first-order valence-electron chi connectivity index (χ1n) is 11.2. The van der Waals surface area contributed by atoms with Crippen LogP contribution in [0.25, 0.3) is 0 Å². The van der Waals surface area contributed by atoms with E-state index in [9.17, 15) is 39.6 Å². The Labute approximate surface area is 204 Å². The third-order valence-corrected chi connectivity index (χ3v) is 7.91. The average Bonchev–Trinajstić information content (AvgIpc) is 2.75. The summed E-state index contributed by atoms with van der Waals surface area (Å²) in [5, 5.41) is 2.41. The summed E-state index contributed by atoms with van der Waals surface area (Å²) in [4.78, 5) is 12.4. The standard InChI is InChI=1S/C24H25F6NO4S/c1-2-36(33,34)20-12-6-16(7-13-20)14-21(32)31-19-10-8-18(9-11-19)22(23(25,26)27,24(28,29)30)35-15-17-4-3-5-17/h6-13,17H,2-5,14-15H2,1H3,(H,31,32).